The number of phenolic OH excluding ortho intramolecular Hbond substituents is 1. The van der Waals surface area contributed by atoms with Gasteiger partial charge in [-0.15, -0.1) is 0 Å². The molecule has 0 aliphatic carbocycles. The van der Waals surface area contributed by atoms with Crippen LogP contribution < -0.4 is 0 Å². The summed E-state index contributed by atoms with van der Waals surface area (Å²) in [4.78, 5) is 4.11. The topological polar surface area (TPSA) is 32.6 Å². The molecule has 0 aliphatic rings. The maximum Gasteiger partial charge on any atom is 0.416 e. The Morgan fingerprint density at radius 2 is 1.71 bits per heavy atom. The number of phenols is 1. The molecule has 0 unspecified atom stereocenters. The van der Waals surface area contributed by atoms with Crippen LogP contribution in [0.4, 0.5) is 18.9 Å². The normalized spacial score (nSPS) is 12.8. The Kier molecular flexibility index (Phi) is 4.74. The number of halogens is 3. The van der Waals surface area contributed by atoms with Gasteiger partial charge in [0.15, 0.2) is 0 Å². The van der Waals surface area contributed by atoms with Crippen molar-refractivity contribution in [2.24, 2.45) is 4.99 Å². The standard InChI is InChI=1S/C19H20F3NO/c1-12-8-14(19(20,21)22)10-15(9-12)23-11-13-6-5-7-16(17(13)24)18(2,3)4/h5-11,24H,1-4H3. The number of aromatic hydroxyl groups is 1. The minimum absolute atomic E-state index is 0.0949. The van der Waals surface area contributed by atoms with Crippen molar-refractivity contribution in [3.05, 3.63) is 58.7 Å². The van der Waals surface area contributed by atoms with E-state index in [4.69, 9.17) is 0 Å². The molecule has 0 fully saturated rings. The molecule has 2 nitrogen and oxygen atoms in total. The molecule has 0 bridgehead atoms. The second-order valence-corrected chi connectivity index (χ2v) is 6.81. The molecule has 0 aromatic heterocycles. The van der Waals surface area contributed by atoms with E-state index in [9.17, 15) is 18.3 Å². The van der Waals surface area contributed by atoms with E-state index < -0.39 is 11.7 Å². The quantitative estimate of drug-likeness (QED) is 0.695. The molecule has 2 aromatic carbocycles. The van der Waals surface area contributed by atoms with Crippen molar-refractivity contribution in [1.29, 1.82) is 0 Å². The van der Waals surface area contributed by atoms with Crippen LogP contribution in [0.3, 0.4) is 0 Å². The van der Waals surface area contributed by atoms with Gasteiger partial charge < -0.3 is 5.11 Å². The van der Waals surface area contributed by atoms with Crippen molar-refractivity contribution in [2.75, 3.05) is 0 Å². The summed E-state index contributed by atoms with van der Waals surface area (Å²) in [6.07, 6.45) is -3.02. The maximum atomic E-state index is 12.9. The lowest BCUT2D eigenvalue weighted by atomic mass is 9.85. The number of hydrogen-bond donors (Lipinski definition) is 1. The van der Waals surface area contributed by atoms with Gasteiger partial charge >= 0.3 is 6.18 Å². The van der Waals surface area contributed by atoms with Gasteiger partial charge in [-0.1, -0.05) is 32.9 Å². The van der Waals surface area contributed by atoms with Crippen LogP contribution in [-0.4, -0.2) is 11.3 Å². The molecule has 0 spiro atoms. The zero-order chi connectivity index (χ0) is 18.1. The first-order chi connectivity index (χ1) is 11.0. The lowest BCUT2D eigenvalue weighted by molar-refractivity contribution is -0.137. The minimum atomic E-state index is -4.41. The van der Waals surface area contributed by atoms with Crippen molar-refractivity contribution in [2.45, 2.75) is 39.3 Å². The molecule has 2 rings (SSSR count). The van der Waals surface area contributed by atoms with Gasteiger partial charge in [-0.2, -0.15) is 13.2 Å². The predicted molar refractivity (Wildman–Crippen MR) is 90.2 cm³/mol. The summed E-state index contributed by atoms with van der Waals surface area (Å²) < 4.78 is 38.6. The molecule has 0 radical (unpaired) electrons. The number of hydrogen-bond acceptors (Lipinski definition) is 2. The third-order valence-corrected chi connectivity index (χ3v) is 3.62. The lowest BCUT2D eigenvalue weighted by Gasteiger charge is -2.21. The third kappa shape index (κ3) is 4.16. The Morgan fingerprint density at radius 1 is 1.04 bits per heavy atom. The van der Waals surface area contributed by atoms with E-state index in [0.29, 0.717) is 11.1 Å². The van der Waals surface area contributed by atoms with Crippen LogP contribution in [-0.2, 0) is 11.6 Å². The number of aryl methyl sites for hydroxylation is 1. The van der Waals surface area contributed by atoms with Crippen molar-refractivity contribution in [3.63, 3.8) is 0 Å². The lowest BCUT2D eigenvalue weighted by Crippen LogP contribution is -2.11. The molecule has 0 amide bonds. The van der Waals surface area contributed by atoms with Gasteiger partial charge in [-0.05, 0) is 47.7 Å². The number of nitrogens with zero attached hydrogens (tertiary/aromatic N) is 1. The van der Waals surface area contributed by atoms with E-state index in [-0.39, 0.29) is 16.9 Å². The SMILES string of the molecule is Cc1cc(N=Cc2cccc(C(C)(C)C)c2O)cc(C(F)(F)F)c1. The highest BCUT2D eigenvalue weighted by atomic mass is 19.4. The van der Waals surface area contributed by atoms with E-state index >= 15 is 0 Å². The molecule has 0 saturated carbocycles. The monoisotopic (exact) mass is 335 g/mol. The molecule has 128 valence electrons. The van der Waals surface area contributed by atoms with Gasteiger partial charge in [-0.25, -0.2) is 0 Å². The van der Waals surface area contributed by atoms with Gasteiger partial charge in [0.1, 0.15) is 5.75 Å². The van der Waals surface area contributed by atoms with Crippen molar-refractivity contribution in [3.8, 4) is 5.75 Å². The summed E-state index contributed by atoms with van der Waals surface area (Å²) in [5, 5.41) is 10.4. The molecule has 1 N–H and O–H groups in total. The fourth-order valence-electron chi connectivity index (χ4n) is 2.42. The number of rotatable bonds is 2. The fourth-order valence-corrected chi connectivity index (χ4v) is 2.42. The summed E-state index contributed by atoms with van der Waals surface area (Å²) in [7, 11) is 0. The highest BCUT2D eigenvalue weighted by Gasteiger charge is 2.30. The van der Waals surface area contributed by atoms with Crippen LogP contribution in [0, 0.1) is 6.92 Å². The van der Waals surface area contributed by atoms with Gasteiger partial charge in [-0.3, -0.25) is 4.99 Å². The van der Waals surface area contributed by atoms with Crippen LogP contribution in [0.25, 0.3) is 0 Å². The average Bonchev–Trinajstić information content (AvgIpc) is 2.43. The van der Waals surface area contributed by atoms with Crippen LogP contribution in [0.5, 0.6) is 5.75 Å². The Balaban J connectivity index is 2.41. The third-order valence-electron chi connectivity index (χ3n) is 3.62. The minimum Gasteiger partial charge on any atom is -0.507 e. The Morgan fingerprint density at radius 3 is 2.29 bits per heavy atom. The smallest absolute Gasteiger partial charge is 0.416 e. The fraction of sp³-hybridized carbons (Fsp3) is 0.316. The first-order valence-corrected chi connectivity index (χ1v) is 7.54. The molecular formula is C19H20F3NO. The number of benzene rings is 2. The van der Waals surface area contributed by atoms with Crippen LogP contribution >= 0.6 is 0 Å². The molecular weight excluding hydrogens is 315 g/mol. The van der Waals surface area contributed by atoms with Gasteiger partial charge in [0.05, 0.1) is 11.3 Å². The first kappa shape index (κ1) is 18.0. The van der Waals surface area contributed by atoms with Crippen LogP contribution in [0.1, 0.15) is 43.0 Å². The number of aliphatic imine (C=N–C) groups is 1. The number of alkyl halides is 3. The highest BCUT2D eigenvalue weighted by Crippen LogP contribution is 2.34. The zero-order valence-electron chi connectivity index (χ0n) is 14.1. The summed E-state index contributed by atoms with van der Waals surface area (Å²) in [6, 6.07) is 8.93. The molecule has 0 atom stereocenters. The number of para-hydroxylation sites is 1. The molecule has 0 saturated heterocycles. The van der Waals surface area contributed by atoms with Crippen LogP contribution in [0.15, 0.2) is 41.4 Å². The molecule has 0 heterocycles. The summed E-state index contributed by atoms with van der Waals surface area (Å²) in [6.45, 7) is 7.50. The molecule has 2 aromatic rings. The molecule has 0 aliphatic heterocycles. The van der Waals surface area contributed by atoms with Gasteiger partial charge in [0.25, 0.3) is 0 Å². The highest BCUT2D eigenvalue weighted by molar-refractivity contribution is 5.86. The van der Waals surface area contributed by atoms with Crippen molar-refractivity contribution in [1.82, 2.24) is 0 Å². The summed E-state index contributed by atoms with van der Waals surface area (Å²) >= 11 is 0. The average molecular weight is 335 g/mol. The van der Waals surface area contributed by atoms with Crippen LogP contribution in [0.2, 0.25) is 0 Å². The Bertz CT molecular complexity index is 771. The van der Waals surface area contributed by atoms with Crippen molar-refractivity contribution < 1.29 is 18.3 Å². The Hall–Kier alpha value is -2.30. The van der Waals surface area contributed by atoms with E-state index in [1.165, 1.54) is 6.21 Å². The largest absolute Gasteiger partial charge is 0.507 e. The van der Waals surface area contributed by atoms with E-state index in [2.05, 4.69) is 4.99 Å². The predicted octanol–water partition coefficient (Wildman–Crippen LogP) is 5.77. The summed E-state index contributed by atoms with van der Waals surface area (Å²) in [5.74, 6) is 0.0949. The van der Waals surface area contributed by atoms with E-state index in [0.717, 1.165) is 17.7 Å². The second kappa shape index (κ2) is 6.30. The first-order valence-electron chi connectivity index (χ1n) is 7.54. The summed E-state index contributed by atoms with van der Waals surface area (Å²) in [5.41, 5.74) is 0.916. The van der Waals surface area contributed by atoms with E-state index in [1.807, 2.05) is 26.8 Å². The zero-order valence-corrected chi connectivity index (χ0v) is 14.1. The Labute approximate surface area is 139 Å². The molecule has 5 heteroatoms. The molecule has 24 heavy (non-hydrogen) atoms. The van der Waals surface area contributed by atoms with Crippen molar-refractivity contribution >= 4 is 11.9 Å². The van der Waals surface area contributed by atoms with Gasteiger partial charge in [0, 0.05) is 11.8 Å². The van der Waals surface area contributed by atoms with E-state index in [1.54, 1.807) is 25.1 Å². The second-order valence-electron chi connectivity index (χ2n) is 6.81. The maximum absolute atomic E-state index is 12.9. The van der Waals surface area contributed by atoms with Gasteiger partial charge in [0.2, 0.25) is 0 Å².